The van der Waals surface area contributed by atoms with Gasteiger partial charge in [-0.3, -0.25) is 4.98 Å². The Labute approximate surface area is 89.5 Å². The Morgan fingerprint density at radius 1 is 1.40 bits per heavy atom. The minimum absolute atomic E-state index is 0.420. The van der Waals surface area contributed by atoms with Crippen molar-refractivity contribution in [2.75, 3.05) is 0 Å². The molecule has 3 nitrogen and oxygen atoms in total. The number of carbonyl (C=O) groups excluding carboxylic acids is 1. The molecule has 0 aromatic carbocycles. The number of ether oxygens (including phenoxy) is 1. The summed E-state index contributed by atoms with van der Waals surface area (Å²) in [6, 6.07) is 5.75. The summed E-state index contributed by atoms with van der Waals surface area (Å²) in [7, 11) is 0. The van der Waals surface area contributed by atoms with Crippen molar-refractivity contribution in [3.05, 3.63) is 30.1 Å². The fraction of sp³-hybridized carbons (Fsp3) is 0.500. The zero-order valence-corrected chi connectivity index (χ0v) is 9.06. The van der Waals surface area contributed by atoms with E-state index in [2.05, 4.69) is 4.98 Å². The Kier molecular flexibility index (Phi) is 2.35. The summed E-state index contributed by atoms with van der Waals surface area (Å²) < 4.78 is 5.84. The average Bonchev–Trinajstić information content (AvgIpc) is 2.59. The third kappa shape index (κ3) is 1.79. The lowest BCUT2D eigenvalue weighted by Crippen LogP contribution is -2.31. The normalized spacial score (nSPS) is 35.3. The molecule has 3 heteroatoms. The number of aromatic nitrogens is 1. The molecule has 1 aromatic rings. The Hall–Kier alpha value is -1.22. The number of rotatable bonds is 2. The molecule has 80 valence electrons. The summed E-state index contributed by atoms with van der Waals surface area (Å²) in [5.41, 5.74) is -0.168. The molecule has 1 aromatic heterocycles. The second-order valence-corrected chi connectivity index (χ2v) is 4.48. The van der Waals surface area contributed by atoms with Crippen LogP contribution in [0.5, 0.6) is 0 Å². The van der Waals surface area contributed by atoms with Gasteiger partial charge in [-0.2, -0.15) is 0 Å². The van der Waals surface area contributed by atoms with Gasteiger partial charge in [-0.1, -0.05) is 6.07 Å². The van der Waals surface area contributed by atoms with E-state index < -0.39 is 11.2 Å². The first-order chi connectivity index (χ1) is 7.08. The summed E-state index contributed by atoms with van der Waals surface area (Å²) in [5, 5.41) is 0. The van der Waals surface area contributed by atoms with Crippen LogP contribution in [0.4, 0.5) is 0 Å². The van der Waals surface area contributed by atoms with Gasteiger partial charge < -0.3 is 9.53 Å². The minimum atomic E-state index is -0.647. The maximum Gasteiger partial charge on any atom is 0.151 e. The van der Waals surface area contributed by atoms with Crippen molar-refractivity contribution in [2.24, 2.45) is 0 Å². The van der Waals surface area contributed by atoms with Crippen molar-refractivity contribution in [1.82, 2.24) is 4.98 Å². The van der Waals surface area contributed by atoms with Crippen LogP contribution in [0.15, 0.2) is 24.4 Å². The molecule has 1 fully saturated rings. The predicted octanol–water partition coefficient (Wildman–Crippen LogP) is 2.06. The molecular weight excluding hydrogens is 190 g/mol. The molecule has 0 amide bonds. The number of pyridine rings is 1. The van der Waals surface area contributed by atoms with Crippen LogP contribution in [-0.2, 0) is 15.1 Å². The third-order valence-electron chi connectivity index (χ3n) is 3.01. The SMILES string of the molecule is CC1(C=O)CCC(C)(c2ccccn2)O1. The fourth-order valence-electron chi connectivity index (χ4n) is 2.04. The lowest BCUT2D eigenvalue weighted by molar-refractivity contribution is -0.137. The van der Waals surface area contributed by atoms with Gasteiger partial charge in [0.1, 0.15) is 11.2 Å². The van der Waals surface area contributed by atoms with Gasteiger partial charge in [-0.25, -0.2) is 0 Å². The number of hydrogen-bond acceptors (Lipinski definition) is 3. The van der Waals surface area contributed by atoms with Gasteiger partial charge in [0.25, 0.3) is 0 Å². The molecule has 2 atom stereocenters. The number of hydrogen-bond donors (Lipinski definition) is 0. The van der Waals surface area contributed by atoms with E-state index >= 15 is 0 Å². The number of nitrogens with zero attached hydrogens (tertiary/aromatic N) is 1. The van der Waals surface area contributed by atoms with Gasteiger partial charge in [0.2, 0.25) is 0 Å². The topological polar surface area (TPSA) is 39.2 Å². The molecule has 0 radical (unpaired) electrons. The standard InChI is InChI=1S/C12H15NO2/c1-11(9-14)6-7-12(2,15-11)10-5-3-4-8-13-10/h3-5,8-9H,6-7H2,1-2H3. The van der Waals surface area contributed by atoms with E-state index in [-0.39, 0.29) is 0 Å². The maximum atomic E-state index is 10.9. The highest BCUT2D eigenvalue weighted by Crippen LogP contribution is 2.42. The van der Waals surface area contributed by atoms with Crippen LogP contribution in [0, 0.1) is 0 Å². The van der Waals surface area contributed by atoms with Crippen LogP contribution in [0.3, 0.4) is 0 Å². The van der Waals surface area contributed by atoms with Gasteiger partial charge in [-0.15, -0.1) is 0 Å². The molecule has 2 heterocycles. The highest BCUT2D eigenvalue weighted by atomic mass is 16.5. The zero-order valence-electron chi connectivity index (χ0n) is 9.06. The first kappa shape index (κ1) is 10.3. The van der Waals surface area contributed by atoms with Crippen molar-refractivity contribution >= 4 is 6.29 Å². The highest BCUT2D eigenvalue weighted by molar-refractivity contribution is 5.62. The van der Waals surface area contributed by atoms with Crippen LogP contribution < -0.4 is 0 Å². The molecular formula is C12H15NO2. The average molecular weight is 205 g/mol. The lowest BCUT2D eigenvalue weighted by atomic mass is 9.96. The first-order valence-corrected chi connectivity index (χ1v) is 5.16. The van der Waals surface area contributed by atoms with E-state index in [1.165, 1.54) is 0 Å². The molecule has 0 spiro atoms. The molecule has 2 unspecified atom stereocenters. The molecule has 1 aliphatic rings. The predicted molar refractivity (Wildman–Crippen MR) is 56.4 cm³/mol. The summed E-state index contributed by atoms with van der Waals surface area (Å²) in [5.74, 6) is 0. The second-order valence-electron chi connectivity index (χ2n) is 4.48. The van der Waals surface area contributed by atoms with Gasteiger partial charge in [0.05, 0.1) is 5.69 Å². The van der Waals surface area contributed by atoms with E-state index in [1.807, 2.05) is 32.0 Å². The van der Waals surface area contributed by atoms with Crippen LogP contribution in [0.1, 0.15) is 32.4 Å². The third-order valence-corrected chi connectivity index (χ3v) is 3.01. The molecule has 2 rings (SSSR count). The van der Waals surface area contributed by atoms with Gasteiger partial charge in [-0.05, 0) is 38.8 Å². The van der Waals surface area contributed by atoms with Gasteiger partial charge in [0, 0.05) is 6.20 Å². The molecule has 1 aliphatic heterocycles. The van der Waals surface area contributed by atoms with Crippen LogP contribution in [0.25, 0.3) is 0 Å². The summed E-state index contributed by atoms with van der Waals surface area (Å²) in [4.78, 5) is 15.2. The molecule has 1 saturated heterocycles. The van der Waals surface area contributed by atoms with Crippen LogP contribution >= 0.6 is 0 Å². The maximum absolute atomic E-state index is 10.9. The van der Waals surface area contributed by atoms with E-state index in [1.54, 1.807) is 6.20 Å². The molecule has 0 N–H and O–H groups in total. The van der Waals surface area contributed by atoms with Crippen molar-refractivity contribution in [1.29, 1.82) is 0 Å². The zero-order chi connectivity index (χ0) is 10.9. The van der Waals surface area contributed by atoms with E-state index in [9.17, 15) is 4.79 Å². The quantitative estimate of drug-likeness (QED) is 0.694. The summed E-state index contributed by atoms with van der Waals surface area (Å²) >= 11 is 0. The van der Waals surface area contributed by atoms with Crippen molar-refractivity contribution in [2.45, 2.75) is 37.9 Å². The van der Waals surface area contributed by atoms with Gasteiger partial charge >= 0.3 is 0 Å². The Balaban J connectivity index is 2.28. The molecule has 0 bridgehead atoms. The summed E-state index contributed by atoms with van der Waals surface area (Å²) in [6.45, 7) is 3.82. The van der Waals surface area contributed by atoms with Crippen LogP contribution in [0.2, 0.25) is 0 Å². The first-order valence-electron chi connectivity index (χ1n) is 5.16. The van der Waals surface area contributed by atoms with Crippen molar-refractivity contribution in [3.8, 4) is 0 Å². The fourth-order valence-corrected chi connectivity index (χ4v) is 2.04. The van der Waals surface area contributed by atoms with Gasteiger partial charge in [0.15, 0.2) is 6.29 Å². The summed E-state index contributed by atoms with van der Waals surface area (Å²) in [6.07, 6.45) is 4.23. The van der Waals surface area contributed by atoms with E-state index in [0.717, 1.165) is 24.8 Å². The minimum Gasteiger partial charge on any atom is -0.355 e. The lowest BCUT2D eigenvalue weighted by Gasteiger charge is -2.26. The van der Waals surface area contributed by atoms with E-state index in [0.29, 0.717) is 0 Å². The number of aldehydes is 1. The van der Waals surface area contributed by atoms with E-state index in [4.69, 9.17) is 4.74 Å². The highest BCUT2D eigenvalue weighted by Gasteiger charge is 2.45. The van der Waals surface area contributed by atoms with Crippen LogP contribution in [-0.4, -0.2) is 16.9 Å². The second kappa shape index (κ2) is 3.42. The van der Waals surface area contributed by atoms with Crippen molar-refractivity contribution in [3.63, 3.8) is 0 Å². The molecule has 15 heavy (non-hydrogen) atoms. The smallest absolute Gasteiger partial charge is 0.151 e. The monoisotopic (exact) mass is 205 g/mol. The number of carbonyl (C=O) groups is 1. The Morgan fingerprint density at radius 2 is 2.20 bits per heavy atom. The Morgan fingerprint density at radius 3 is 2.73 bits per heavy atom. The Bertz CT molecular complexity index is 365. The largest absolute Gasteiger partial charge is 0.355 e. The van der Waals surface area contributed by atoms with Crippen molar-refractivity contribution < 1.29 is 9.53 Å². The molecule has 0 saturated carbocycles. The molecule has 0 aliphatic carbocycles.